The lowest BCUT2D eigenvalue weighted by molar-refractivity contribution is -0.116. The molecule has 0 aliphatic carbocycles. The van der Waals surface area contributed by atoms with Crippen molar-refractivity contribution >= 4 is 21.4 Å². The summed E-state index contributed by atoms with van der Waals surface area (Å²) in [5, 5.41) is 0. The SMILES string of the molecule is CCS(=O)(=O)c1ccc2c(c1)N(C(C)=O)CC2. The summed E-state index contributed by atoms with van der Waals surface area (Å²) in [7, 11) is -3.21. The average Bonchev–Trinajstić information content (AvgIpc) is 2.71. The van der Waals surface area contributed by atoms with Crippen molar-refractivity contribution in [2.24, 2.45) is 0 Å². The highest BCUT2D eigenvalue weighted by atomic mass is 32.2. The first-order valence-electron chi connectivity index (χ1n) is 5.59. The van der Waals surface area contributed by atoms with Gasteiger partial charge in [0.2, 0.25) is 5.91 Å². The van der Waals surface area contributed by atoms with Gasteiger partial charge in [0.25, 0.3) is 0 Å². The first-order chi connectivity index (χ1) is 7.95. The molecule has 0 atom stereocenters. The molecule has 1 aliphatic heterocycles. The monoisotopic (exact) mass is 253 g/mol. The molecule has 2 rings (SSSR count). The Labute approximate surface area is 101 Å². The van der Waals surface area contributed by atoms with E-state index in [1.807, 2.05) is 0 Å². The number of carbonyl (C=O) groups is 1. The van der Waals surface area contributed by atoms with Gasteiger partial charge in [0.1, 0.15) is 0 Å². The highest BCUT2D eigenvalue weighted by Crippen LogP contribution is 2.30. The molecule has 0 spiro atoms. The maximum absolute atomic E-state index is 11.8. The molecular weight excluding hydrogens is 238 g/mol. The second-order valence-electron chi connectivity index (χ2n) is 4.11. The molecule has 92 valence electrons. The molecule has 0 saturated heterocycles. The molecule has 17 heavy (non-hydrogen) atoms. The quantitative estimate of drug-likeness (QED) is 0.800. The minimum absolute atomic E-state index is 0.0465. The lowest BCUT2D eigenvalue weighted by atomic mass is 10.2. The van der Waals surface area contributed by atoms with E-state index in [4.69, 9.17) is 0 Å². The zero-order valence-corrected chi connectivity index (χ0v) is 10.8. The topological polar surface area (TPSA) is 54.5 Å². The van der Waals surface area contributed by atoms with Crippen LogP contribution in [0.25, 0.3) is 0 Å². The van der Waals surface area contributed by atoms with Crippen LogP contribution in [0.1, 0.15) is 19.4 Å². The molecule has 0 radical (unpaired) electrons. The third-order valence-electron chi connectivity index (χ3n) is 3.07. The lowest BCUT2D eigenvalue weighted by Gasteiger charge is -2.15. The number of sulfone groups is 1. The highest BCUT2D eigenvalue weighted by Gasteiger charge is 2.24. The molecule has 5 heteroatoms. The summed E-state index contributed by atoms with van der Waals surface area (Å²) in [6.45, 7) is 3.75. The third-order valence-corrected chi connectivity index (χ3v) is 4.80. The van der Waals surface area contributed by atoms with Crippen LogP contribution in [-0.4, -0.2) is 26.6 Å². The molecule has 1 aliphatic rings. The Kier molecular flexibility index (Phi) is 2.95. The van der Waals surface area contributed by atoms with Crippen LogP contribution in [0.15, 0.2) is 23.1 Å². The highest BCUT2D eigenvalue weighted by molar-refractivity contribution is 7.91. The fraction of sp³-hybridized carbons (Fsp3) is 0.417. The number of amides is 1. The van der Waals surface area contributed by atoms with Gasteiger partial charge in [0.15, 0.2) is 9.84 Å². The zero-order valence-electron chi connectivity index (χ0n) is 9.93. The largest absolute Gasteiger partial charge is 0.312 e. The van der Waals surface area contributed by atoms with Crippen molar-refractivity contribution in [3.8, 4) is 0 Å². The van der Waals surface area contributed by atoms with E-state index in [0.717, 1.165) is 17.7 Å². The number of fused-ring (bicyclic) bond motifs is 1. The Hall–Kier alpha value is -1.36. The van der Waals surface area contributed by atoms with Crippen molar-refractivity contribution in [2.45, 2.75) is 25.2 Å². The second kappa shape index (κ2) is 4.14. The molecule has 1 aromatic rings. The van der Waals surface area contributed by atoms with Gasteiger partial charge in [-0.1, -0.05) is 13.0 Å². The number of hydrogen-bond acceptors (Lipinski definition) is 3. The number of benzene rings is 1. The molecule has 0 saturated carbocycles. The van der Waals surface area contributed by atoms with E-state index in [1.165, 1.54) is 6.92 Å². The number of nitrogens with zero attached hydrogens (tertiary/aromatic N) is 1. The van der Waals surface area contributed by atoms with Gasteiger partial charge in [-0.15, -0.1) is 0 Å². The van der Waals surface area contributed by atoms with Gasteiger partial charge in [-0.2, -0.15) is 0 Å². The van der Waals surface area contributed by atoms with Crippen LogP contribution >= 0.6 is 0 Å². The van der Waals surface area contributed by atoms with Crippen LogP contribution in [0.2, 0.25) is 0 Å². The first kappa shape index (κ1) is 12.1. The standard InChI is InChI=1S/C12H15NO3S/c1-3-17(15,16)11-5-4-10-6-7-13(9(2)14)12(10)8-11/h4-5,8H,3,6-7H2,1-2H3. The normalized spacial score (nSPS) is 14.8. The van der Waals surface area contributed by atoms with E-state index in [1.54, 1.807) is 30.0 Å². The van der Waals surface area contributed by atoms with Gasteiger partial charge >= 0.3 is 0 Å². The van der Waals surface area contributed by atoms with E-state index in [9.17, 15) is 13.2 Å². The van der Waals surface area contributed by atoms with E-state index < -0.39 is 9.84 Å². The predicted molar refractivity (Wildman–Crippen MR) is 65.9 cm³/mol. The van der Waals surface area contributed by atoms with Crippen LogP contribution in [0, 0.1) is 0 Å². The van der Waals surface area contributed by atoms with Crippen LogP contribution in [0.4, 0.5) is 5.69 Å². The molecule has 1 aromatic carbocycles. The summed E-state index contributed by atoms with van der Waals surface area (Å²) in [5.74, 6) is 0.0288. The third kappa shape index (κ3) is 2.07. The van der Waals surface area contributed by atoms with Gasteiger partial charge in [0.05, 0.1) is 10.6 Å². The average molecular weight is 253 g/mol. The maximum Gasteiger partial charge on any atom is 0.223 e. The molecule has 0 unspecified atom stereocenters. The van der Waals surface area contributed by atoms with Gasteiger partial charge in [-0.05, 0) is 24.1 Å². The van der Waals surface area contributed by atoms with Crippen LogP contribution in [-0.2, 0) is 21.1 Å². The van der Waals surface area contributed by atoms with Crippen molar-refractivity contribution in [2.75, 3.05) is 17.2 Å². The number of carbonyl (C=O) groups excluding carboxylic acids is 1. The Bertz CT molecular complexity index is 563. The molecule has 0 bridgehead atoms. The van der Waals surface area contributed by atoms with Gasteiger partial charge in [-0.3, -0.25) is 4.79 Å². The van der Waals surface area contributed by atoms with Crippen LogP contribution < -0.4 is 4.90 Å². The Morgan fingerprint density at radius 2 is 2.12 bits per heavy atom. The maximum atomic E-state index is 11.8. The zero-order chi connectivity index (χ0) is 12.6. The summed E-state index contributed by atoms with van der Waals surface area (Å²) >= 11 is 0. The number of hydrogen-bond donors (Lipinski definition) is 0. The molecular formula is C12H15NO3S. The summed E-state index contributed by atoms with van der Waals surface area (Å²) < 4.78 is 23.5. The van der Waals surface area contributed by atoms with Crippen LogP contribution in [0.5, 0.6) is 0 Å². The molecule has 0 N–H and O–H groups in total. The number of rotatable bonds is 2. The molecule has 0 aromatic heterocycles. The minimum Gasteiger partial charge on any atom is -0.312 e. The van der Waals surface area contributed by atoms with Crippen molar-refractivity contribution in [3.05, 3.63) is 23.8 Å². The smallest absolute Gasteiger partial charge is 0.223 e. The Balaban J connectivity index is 2.51. The van der Waals surface area contributed by atoms with Gasteiger partial charge < -0.3 is 4.90 Å². The molecule has 1 amide bonds. The van der Waals surface area contributed by atoms with Crippen molar-refractivity contribution in [1.82, 2.24) is 0 Å². The summed E-state index contributed by atoms with van der Waals surface area (Å²) in [5.41, 5.74) is 1.78. The van der Waals surface area contributed by atoms with E-state index in [2.05, 4.69) is 0 Å². The summed E-state index contributed by atoms with van der Waals surface area (Å²) in [6.07, 6.45) is 0.793. The fourth-order valence-corrected chi connectivity index (χ4v) is 2.95. The van der Waals surface area contributed by atoms with E-state index in [-0.39, 0.29) is 11.7 Å². The second-order valence-corrected chi connectivity index (χ2v) is 6.39. The van der Waals surface area contributed by atoms with Crippen molar-refractivity contribution in [1.29, 1.82) is 0 Å². The Morgan fingerprint density at radius 3 is 2.71 bits per heavy atom. The van der Waals surface area contributed by atoms with E-state index >= 15 is 0 Å². The molecule has 1 heterocycles. The predicted octanol–water partition coefficient (Wildman–Crippen LogP) is 1.39. The summed E-state index contributed by atoms with van der Waals surface area (Å²) in [6, 6.07) is 5.05. The fourth-order valence-electron chi connectivity index (χ4n) is 2.05. The Morgan fingerprint density at radius 1 is 1.41 bits per heavy atom. The molecule has 0 fully saturated rings. The lowest BCUT2D eigenvalue weighted by Crippen LogP contribution is -2.25. The van der Waals surface area contributed by atoms with E-state index in [0.29, 0.717) is 11.4 Å². The number of anilines is 1. The van der Waals surface area contributed by atoms with Gasteiger partial charge in [-0.25, -0.2) is 8.42 Å². The van der Waals surface area contributed by atoms with Crippen molar-refractivity contribution in [3.63, 3.8) is 0 Å². The van der Waals surface area contributed by atoms with Gasteiger partial charge in [0, 0.05) is 19.2 Å². The molecule has 4 nitrogen and oxygen atoms in total. The summed E-state index contributed by atoms with van der Waals surface area (Å²) in [4.78, 5) is 13.3. The van der Waals surface area contributed by atoms with Crippen molar-refractivity contribution < 1.29 is 13.2 Å². The first-order valence-corrected chi connectivity index (χ1v) is 7.24. The minimum atomic E-state index is -3.21. The van der Waals surface area contributed by atoms with Crippen LogP contribution in [0.3, 0.4) is 0 Å².